The number of ether oxygens (including phenoxy) is 1. The molecular weight excluding hydrogens is 234 g/mol. The van der Waals surface area contributed by atoms with Crippen LogP contribution in [-0.2, 0) is 6.42 Å². The topological polar surface area (TPSA) is 21.3 Å². The molecule has 2 nitrogen and oxygen atoms in total. The first-order valence-corrected chi connectivity index (χ1v) is 7.44. The number of hydrogen-bond donors (Lipinski definition) is 1. The van der Waals surface area contributed by atoms with Gasteiger partial charge in [-0.2, -0.15) is 0 Å². The molecule has 0 aliphatic carbocycles. The molecule has 1 rings (SSSR count). The Hall–Kier alpha value is -1.02. The third-order valence-electron chi connectivity index (χ3n) is 3.68. The van der Waals surface area contributed by atoms with Crippen LogP contribution in [0.25, 0.3) is 0 Å². The van der Waals surface area contributed by atoms with Crippen LogP contribution in [0.15, 0.2) is 24.3 Å². The first-order chi connectivity index (χ1) is 9.08. The molecule has 2 unspecified atom stereocenters. The van der Waals surface area contributed by atoms with Crippen molar-refractivity contribution >= 4 is 0 Å². The van der Waals surface area contributed by atoms with E-state index in [4.69, 9.17) is 4.74 Å². The Labute approximate surface area is 118 Å². The molecule has 0 aliphatic heterocycles. The first kappa shape index (κ1) is 16.0. The molecule has 0 aromatic heterocycles. The van der Waals surface area contributed by atoms with E-state index in [1.165, 1.54) is 12.0 Å². The van der Waals surface area contributed by atoms with Crippen molar-refractivity contribution in [3.63, 3.8) is 0 Å². The van der Waals surface area contributed by atoms with E-state index in [1.807, 2.05) is 12.1 Å². The summed E-state index contributed by atoms with van der Waals surface area (Å²) in [6.45, 7) is 10.3. The van der Waals surface area contributed by atoms with Crippen LogP contribution in [0.1, 0.15) is 39.7 Å². The van der Waals surface area contributed by atoms with Gasteiger partial charge in [0.25, 0.3) is 0 Å². The Bertz CT molecular complexity index is 345. The summed E-state index contributed by atoms with van der Waals surface area (Å²) in [6, 6.07) is 9.03. The van der Waals surface area contributed by atoms with E-state index in [0.29, 0.717) is 17.9 Å². The summed E-state index contributed by atoms with van der Waals surface area (Å²) in [5.74, 6) is 2.24. The Balaban J connectivity index is 2.61. The van der Waals surface area contributed by atoms with E-state index >= 15 is 0 Å². The van der Waals surface area contributed by atoms with Gasteiger partial charge in [-0.25, -0.2) is 0 Å². The Kier molecular flexibility index (Phi) is 6.93. The predicted octanol–water partition coefficient (Wildman–Crippen LogP) is 3.90. The van der Waals surface area contributed by atoms with Gasteiger partial charge in [0.1, 0.15) is 5.75 Å². The highest BCUT2D eigenvalue weighted by Gasteiger charge is 2.20. The molecule has 0 amide bonds. The summed E-state index contributed by atoms with van der Waals surface area (Å²) in [5, 5.41) is 3.69. The van der Waals surface area contributed by atoms with Crippen LogP contribution in [0.4, 0.5) is 0 Å². The molecule has 0 fully saturated rings. The number of methoxy groups -OCH3 is 1. The minimum atomic E-state index is 0.585. The van der Waals surface area contributed by atoms with Crippen LogP contribution in [0.2, 0.25) is 0 Å². The van der Waals surface area contributed by atoms with E-state index in [-0.39, 0.29) is 0 Å². The number of hydrogen-bond acceptors (Lipinski definition) is 2. The van der Waals surface area contributed by atoms with Gasteiger partial charge in [0.2, 0.25) is 0 Å². The minimum Gasteiger partial charge on any atom is -0.497 e. The van der Waals surface area contributed by atoms with Crippen molar-refractivity contribution in [1.29, 1.82) is 0 Å². The van der Waals surface area contributed by atoms with E-state index in [0.717, 1.165) is 18.7 Å². The van der Waals surface area contributed by atoms with E-state index < -0.39 is 0 Å². The van der Waals surface area contributed by atoms with Gasteiger partial charge in [0.15, 0.2) is 0 Å². The van der Waals surface area contributed by atoms with Gasteiger partial charge in [-0.05, 0) is 48.9 Å². The quantitative estimate of drug-likeness (QED) is 0.768. The highest BCUT2D eigenvalue weighted by Crippen LogP contribution is 2.20. The maximum atomic E-state index is 5.20. The normalized spacial score (nSPS) is 14.4. The highest BCUT2D eigenvalue weighted by atomic mass is 16.5. The average Bonchev–Trinajstić information content (AvgIpc) is 2.39. The number of nitrogens with one attached hydrogen (secondary N) is 1. The molecule has 0 saturated heterocycles. The van der Waals surface area contributed by atoms with Gasteiger partial charge >= 0.3 is 0 Å². The monoisotopic (exact) mass is 263 g/mol. The van der Waals surface area contributed by atoms with Crippen molar-refractivity contribution in [2.45, 2.75) is 46.6 Å². The maximum absolute atomic E-state index is 5.20. The van der Waals surface area contributed by atoms with Gasteiger partial charge in [-0.1, -0.05) is 39.8 Å². The van der Waals surface area contributed by atoms with Crippen LogP contribution in [0, 0.1) is 11.8 Å². The lowest BCUT2D eigenvalue weighted by Crippen LogP contribution is -2.40. The number of rotatable bonds is 8. The smallest absolute Gasteiger partial charge is 0.118 e. The first-order valence-electron chi connectivity index (χ1n) is 7.44. The summed E-state index contributed by atoms with van der Waals surface area (Å²) in [6.07, 6.45) is 2.31. The minimum absolute atomic E-state index is 0.585. The van der Waals surface area contributed by atoms with Crippen LogP contribution in [-0.4, -0.2) is 19.7 Å². The number of benzene rings is 1. The average molecular weight is 263 g/mol. The second-order valence-corrected chi connectivity index (χ2v) is 5.75. The summed E-state index contributed by atoms with van der Waals surface area (Å²) in [4.78, 5) is 0. The van der Waals surface area contributed by atoms with Gasteiger partial charge in [-0.3, -0.25) is 0 Å². The molecule has 1 N–H and O–H groups in total. The molecule has 0 bridgehead atoms. The van der Waals surface area contributed by atoms with Crippen molar-refractivity contribution in [1.82, 2.24) is 5.32 Å². The van der Waals surface area contributed by atoms with Crippen LogP contribution < -0.4 is 10.1 Å². The van der Waals surface area contributed by atoms with Gasteiger partial charge in [0, 0.05) is 6.04 Å². The summed E-state index contributed by atoms with van der Waals surface area (Å²) < 4.78 is 5.20. The zero-order valence-corrected chi connectivity index (χ0v) is 13.1. The molecule has 108 valence electrons. The summed E-state index contributed by atoms with van der Waals surface area (Å²) in [5.41, 5.74) is 1.39. The Morgan fingerprint density at radius 3 is 2.21 bits per heavy atom. The lowest BCUT2D eigenvalue weighted by Gasteiger charge is -2.29. The lowest BCUT2D eigenvalue weighted by atomic mass is 9.87. The van der Waals surface area contributed by atoms with Crippen LogP contribution in [0.5, 0.6) is 5.75 Å². The Morgan fingerprint density at radius 2 is 1.74 bits per heavy atom. The molecule has 0 heterocycles. The fourth-order valence-corrected chi connectivity index (χ4v) is 2.67. The highest BCUT2D eigenvalue weighted by molar-refractivity contribution is 5.27. The maximum Gasteiger partial charge on any atom is 0.118 e. The zero-order chi connectivity index (χ0) is 14.3. The van der Waals surface area contributed by atoms with E-state index in [9.17, 15) is 0 Å². The molecule has 0 spiro atoms. The molecule has 2 heteroatoms. The zero-order valence-electron chi connectivity index (χ0n) is 13.1. The lowest BCUT2D eigenvalue weighted by molar-refractivity contribution is 0.297. The van der Waals surface area contributed by atoms with Gasteiger partial charge in [0.05, 0.1) is 7.11 Å². The largest absolute Gasteiger partial charge is 0.497 e. The third-order valence-corrected chi connectivity index (χ3v) is 3.68. The standard InChI is InChI=1S/C17H29NO/c1-6-11-18-17(13(2)3)14(4)12-15-7-9-16(19-5)10-8-15/h7-10,13-14,17-18H,6,11-12H2,1-5H3. The molecule has 1 aromatic carbocycles. The Morgan fingerprint density at radius 1 is 1.11 bits per heavy atom. The predicted molar refractivity (Wildman–Crippen MR) is 82.8 cm³/mol. The second-order valence-electron chi connectivity index (χ2n) is 5.75. The molecule has 0 saturated carbocycles. The van der Waals surface area contributed by atoms with Crippen LogP contribution in [0.3, 0.4) is 0 Å². The van der Waals surface area contributed by atoms with Crippen LogP contribution >= 0.6 is 0 Å². The van der Waals surface area contributed by atoms with E-state index in [2.05, 4.69) is 45.1 Å². The fourth-order valence-electron chi connectivity index (χ4n) is 2.67. The van der Waals surface area contributed by atoms with E-state index in [1.54, 1.807) is 7.11 Å². The molecule has 19 heavy (non-hydrogen) atoms. The van der Waals surface area contributed by atoms with Crippen molar-refractivity contribution in [2.24, 2.45) is 11.8 Å². The fraction of sp³-hybridized carbons (Fsp3) is 0.647. The van der Waals surface area contributed by atoms with Crippen molar-refractivity contribution in [3.8, 4) is 5.75 Å². The SMILES string of the molecule is CCCNC(C(C)C)C(C)Cc1ccc(OC)cc1. The third kappa shape index (κ3) is 5.23. The van der Waals surface area contributed by atoms with Gasteiger partial charge < -0.3 is 10.1 Å². The summed E-state index contributed by atoms with van der Waals surface area (Å²) in [7, 11) is 1.71. The second kappa shape index (κ2) is 8.21. The molecule has 1 aromatic rings. The molecular formula is C17H29NO. The van der Waals surface area contributed by atoms with Crippen molar-refractivity contribution in [2.75, 3.05) is 13.7 Å². The van der Waals surface area contributed by atoms with Crippen molar-refractivity contribution in [3.05, 3.63) is 29.8 Å². The molecule has 0 radical (unpaired) electrons. The molecule has 2 atom stereocenters. The molecule has 0 aliphatic rings. The van der Waals surface area contributed by atoms with Gasteiger partial charge in [-0.15, -0.1) is 0 Å². The summed E-state index contributed by atoms with van der Waals surface area (Å²) >= 11 is 0. The van der Waals surface area contributed by atoms with Crippen molar-refractivity contribution < 1.29 is 4.74 Å².